The van der Waals surface area contributed by atoms with Crippen LogP contribution in [0.5, 0.6) is 0 Å². The van der Waals surface area contributed by atoms with Gasteiger partial charge in [-0.2, -0.15) is 5.26 Å². The number of amides is 2. The van der Waals surface area contributed by atoms with Crippen LogP contribution in [0.1, 0.15) is 16.1 Å². The lowest BCUT2D eigenvalue weighted by molar-refractivity contribution is -0.895. The van der Waals surface area contributed by atoms with E-state index < -0.39 is 0 Å². The van der Waals surface area contributed by atoms with Crippen molar-refractivity contribution in [1.29, 1.82) is 5.26 Å². The molecule has 0 unspecified atom stereocenters. The fourth-order valence-corrected chi connectivity index (χ4v) is 2.86. The predicted octanol–water partition coefficient (Wildman–Crippen LogP) is 0.131. The van der Waals surface area contributed by atoms with Crippen LogP contribution in [0.15, 0.2) is 47.1 Å². The lowest BCUT2D eigenvalue weighted by atomic mass is 10.2. The van der Waals surface area contributed by atoms with Crippen molar-refractivity contribution in [2.75, 3.05) is 38.0 Å². The quantitative estimate of drug-likeness (QED) is 0.828. The van der Waals surface area contributed by atoms with Gasteiger partial charge < -0.3 is 19.5 Å². The van der Waals surface area contributed by atoms with E-state index in [9.17, 15) is 9.59 Å². The van der Waals surface area contributed by atoms with E-state index in [1.165, 1.54) is 6.26 Å². The highest BCUT2D eigenvalue weighted by Crippen LogP contribution is 2.09. The van der Waals surface area contributed by atoms with E-state index in [0.717, 1.165) is 4.90 Å². The highest BCUT2D eigenvalue weighted by molar-refractivity contribution is 5.92. The molecule has 1 saturated heterocycles. The summed E-state index contributed by atoms with van der Waals surface area (Å²) in [4.78, 5) is 27.2. The van der Waals surface area contributed by atoms with Gasteiger partial charge in [0.2, 0.25) is 0 Å². The van der Waals surface area contributed by atoms with E-state index in [1.54, 1.807) is 41.3 Å². The van der Waals surface area contributed by atoms with Gasteiger partial charge in [-0.1, -0.05) is 6.07 Å². The zero-order valence-corrected chi connectivity index (χ0v) is 13.7. The van der Waals surface area contributed by atoms with Gasteiger partial charge in [-0.15, -0.1) is 0 Å². The molecule has 2 heterocycles. The molecule has 3 rings (SSSR count). The second-order valence-electron chi connectivity index (χ2n) is 5.94. The number of nitrogens with zero attached hydrogens (tertiary/aromatic N) is 2. The molecular weight excluding hydrogens is 320 g/mol. The lowest BCUT2D eigenvalue weighted by Gasteiger charge is -2.31. The molecule has 1 aliphatic rings. The first-order valence-electron chi connectivity index (χ1n) is 8.12. The second-order valence-corrected chi connectivity index (χ2v) is 5.94. The Morgan fingerprint density at radius 2 is 2.04 bits per heavy atom. The Kier molecular flexibility index (Phi) is 5.11. The van der Waals surface area contributed by atoms with Crippen molar-refractivity contribution in [3.63, 3.8) is 0 Å². The summed E-state index contributed by atoms with van der Waals surface area (Å²) in [6, 6.07) is 12.2. The van der Waals surface area contributed by atoms with Gasteiger partial charge in [0, 0.05) is 5.69 Å². The van der Waals surface area contributed by atoms with Crippen LogP contribution in [0.25, 0.3) is 0 Å². The van der Waals surface area contributed by atoms with Gasteiger partial charge in [0.15, 0.2) is 12.3 Å². The minimum absolute atomic E-state index is 0.101. The number of nitrogens with one attached hydrogen (secondary N) is 2. The highest BCUT2D eigenvalue weighted by Gasteiger charge is 2.27. The molecule has 7 heteroatoms. The first-order valence-corrected chi connectivity index (χ1v) is 8.12. The molecule has 1 aromatic carbocycles. The van der Waals surface area contributed by atoms with Gasteiger partial charge in [0.1, 0.15) is 0 Å². The maximum Gasteiger partial charge on any atom is 0.289 e. The standard InChI is InChI=1S/C18H18N4O3/c19-12-14-3-1-4-15(11-14)20-17(23)13-21-6-8-22(9-7-21)18(24)16-5-2-10-25-16/h1-5,10-11H,6-9,13H2,(H,20,23)/p+1. The summed E-state index contributed by atoms with van der Waals surface area (Å²) < 4.78 is 5.14. The maximum atomic E-state index is 12.2. The zero-order valence-electron chi connectivity index (χ0n) is 13.7. The fourth-order valence-electron chi connectivity index (χ4n) is 2.86. The zero-order chi connectivity index (χ0) is 17.6. The number of anilines is 1. The SMILES string of the molecule is N#Cc1cccc(NC(=O)C[NH+]2CCN(C(=O)c3ccco3)CC2)c1. The van der Waals surface area contributed by atoms with Crippen molar-refractivity contribution in [1.82, 2.24) is 4.90 Å². The Bertz CT molecular complexity index is 787. The Balaban J connectivity index is 1.48. The number of hydrogen-bond acceptors (Lipinski definition) is 4. The van der Waals surface area contributed by atoms with E-state index in [4.69, 9.17) is 9.68 Å². The Labute approximate surface area is 145 Å². The predicted molar refractivity (Wildman–Crippen MR) is 90.0 cm³/mol. The Morgan fingerprint density at radius 3 is 2.72 bits per heavy atom. The van der Waals surface area contributed by atoms with Crippen LogP contribution < -0.4 is 10.2 Å². The molecule has 0 saturated carbocycles. The Hall–Kier alpha value is -3.11. The third kappa shape index (κ3) is 4.25. The van der Waals surface area contributed by atoms with Gasteiger partial charge >= 0.3 is 0 Å². The van der Waals surface area contributed by atoms with Crippen molar-refractivity contribution in [3.05, 3.63) is 54.0 Å². The molecule has 0 bridgehead atoms. The summed E-state index contributed by atoms with van der Waals surface area (Å²) >= 11 is 0. The third-order valence-corrected chi connectivity index (χ3v) is 4.18. The molecule has 0 spiro atoms. The number of nitriles is 1. The van der Waals surface area contributed by atoms with Crippen LogP contribution in [-0.2, 0) is 4.79 Å². The van der Waals surface area contributed by atoms with Crippen LogP contribution in [0.3, 0.4) is 0 Å². The van der Waals surface area contributed by atoms with Crippen LogP contribution in [0.4, 0.5) is 5.69 Å². The normalized spacial score (nSPS) is 14.8. The monoisotopic (exact) mass is 339 g/mol. The summed E-state index contributed by atoms with van der Waals surface area (Å²) in [5.41, 5.74) is 1.13. The molecule has 0 aliphatic carbocycles. The Morgan fingerprint density at radius 1 is 1.24 bits per heavy atom. The lowest BCUT2D eigenvalue weighted by Crippen LogP contribution is -3.15. The van der Waals surface area contributed by atoms with Gasteiger partial charge in [-0.25, -0.2) is 0 Å². The second kappa shape index (κ2) is 7.64. The van der Waals surface area contributed by atoms with E-state index in [1.807, 2.05) is 6.07 Å². The third-order valence-electron chi connectivity index (χ3n) is 4.18. The average Bonchev–Trinajstić information content (AvgIpc) is 3.16. The van der Waals surface area contributed by atoms with Crippen molar-refractivity contribution in [3.8, 4) is 6.07 Å². The number of benzene rings is 1. The van der Waals surface area contributed by atoms with E-state index in [0.29, 0.717) is 49.7 Å². The number of piperazine rings is 1. The number of carbonyl (C=O) groups excluding carboxylic acids is 2. The summed E-state index contributed by atoms with van der Waals surface area (Å²) in [6.45, 7) is 2.92. The fraction of sp³-hybridized carbons (Fsp3) is 0.278. The topological polar surface area (TPSA) is 90.8 Å². The summed E-state index contributed by atoms with van der Waals surface area (Å²) in [7, 11) is 0. The smallest absolute Gasteiger partial charge is 0.289 e. The number of hydrogen-bond donors (Lipinski definition) is 2. The minimum Gasteiger partial charge on any atom is -0.459 e. The molecule has 1 aliphatic heterocycles. The van der Waals surface area contributed by atoms with Crippen LogP contribution in [0, 0.1) is 11.3 Å². The molecule has 2 N–H and O–H groups in total. The number of carbonyl (C=O) groups is 2. The van der Waals surface area contributed by atoms with Crippen LogP contribution in [0.2, 0.25) is 0 Å². The van der Waals surface area contributed by atoms with E-state index in [-0.39, 0.29) is 11.8 Å². The molecule has 0 atom stereocenters. The summed E-state index contributed by atoms with van der Waals surface area (Å²) in [6.07, 6.45) is 1.49. The molecule has 2 amide bonds. The maximum absolute atomic E-state index is 12.2. The van der Waals surface area contributed by atoms with Gasteiger partial charge in [-0.3, -0.25) is 9.59 Å². The molecule has 2 aromatic rings. The van der Waals surface area contributed by atoms with Crippen molar-refractivity contribution < 1.29 is 18.9 Å². The van der Waals surface area contributed by atoms with Crippen molar-refractivity contribution in [2.45, 2.75) is 0 Å². The number of rotatable bonds is 4. The largest absolute Gasteiger partial charge is 0.459 e. The molecule has 1 aromatic heterocycles. The van der Waals surface area contributed by atoms with E-state index in [2.05, 4.69) is 5.32 Å². The van der Waals surface area contributed by atoms with Gasteiger partial charge in [-0.05, 0) is 30.3 Å². The molecule has 0 radical (unpaired) electrons. The molecule has 1 fully saturated rings. The molecule has 25 heavy (non-hydrogen) atoms. The van der Waals surface area contributed by atoms with Crippen molar-refractivity contribution in [2.24, 2.45) is 0 Å². The first kappa shape index (κ1) is 16.7. The first-order chi connectivity index (χ1) is 12.2. The van der Waals surface area contributed by atoms with E-state index >= 15 is 0 Å². The highest BCUT2D eigenvalue weighted by atomic mass is 16.3. The molecule has 7 nitrogen and oxygen atoms in total. The summed E-state index contributed by atoms with van der Waals surface area (Å²) in [5, 5.41) is 11.7. The number of furan rings is 1. The van der Waals surface area contributed by atoms with Crippen molar-refractivity contribution >= 4 is 17.5 Å². The van der Waals surface area contributed by atoms with Gasteiger partial charge in [0.25, 0.3) is 11.8 Å². The molecule has 128 valence electrons. The minimum atomic E-state index is -0.109. The molecular formula is C18H19N4O3+. The average molecular weight is 339 g/mol. The van der Waals surface area contributed by atoms with Crippen LogP contribution >= 0.6 is 0 Å². The van der Waals surface area contributed by atoms with Gasteiger partial charge in [0.05, 0.1) is 44.1 Å². The summed E-state index contributed by atoms with van der Waals surface area (Å²) in [5.74, 6) is 0.135. The number of quaternary nitrogens is 1. The van der Waals surface area contributed by atoms with Crippen LogP contribution in [-0.4, -0.2) is 49.4 Å².